The van der Waals surface area contributed by atoms with Crippen LogP contribution in [-0.4, -0.2) is 12.4 Å². The molecule has 0 amide bonds. The van der Waals surface area contributed by atoms with E-state index in [1.54, 1.807) is 12.4 Å². The van der Waals surface area contributed by atoms with E-state index >= 15 is 0 Å². The second kappa shape index (κ2) is 7.95. The molecule has 0 bridgehead atoms. The summed E-state index contributed by atoms with van der Waals surface area (Å²) in [7, 11) is 0. The van der Waals surface area contributed by atoms with Crippen molar-refractivity contribution in [3.63, 3.8) is 0 Å². The first-order chi connectivity index (χ1) is 10.3. The molecule has 2 rings (SSSR count). The van der Waals surface area contributed by atoms with Crippen molar-refractivity contribution in [2.75, 3.05) is 0 Å². The molecule has 0 N–H and O–H groups in total. The molecule has 0 spiro atoms. The molecule has 0 aliphatic heterocycles. The largest absolute Gasteiger partial charge is 0.159 e. The zero-order valence-corrected chi connectivity index (χ0v) is 12.4. The van der Waals surface area contributed by atoms with Crippen LogP contribution < -0.4 is 0 Å². The molecule has 0 unspecified atom stereocenters. The Morgan fingerprint density at radius 3 is 1.90 bits per heavy atom. The summed E-state index contributed by atoms with van der Waals surface area (Å²) < 4.78 is 0. The van der Waals surface area contributed by atoms with Gasteiger partial charge in [0.1, 0.15) is 0 Å². The molecule has 0 atom stereocenters. The van der Waals surface area contributed by atoms with Crippen LogP contribution in [0.15, 0.2) is 71.4 Å². The maximum absolute atomic E-state index is 4.08. The molecular formula is C19H20N2. The normalized spacial score (nSPS) is 11.3. The van der Waals surface area contributed by atoms with Crippen LogP contribution in [0.3, 0.4) is 0 Å². The molecule has 106 valence electrons. The van der Waals surface area contributed by atoms with Crippen molar-refractivity contribution in [3.8, 4) is 0 Å². The van der Waals surface area contributed by atoms with Gasteiger partial charge in [-0.1, -0.05) is 60.2 Å². The SMILES string of the molecule is C=CCCc1ccc(/C=N/N=C/c2ccc(C)cc2)cc1. The Hall–Kier alpha value is -2.48. The summed E-state index contributed by atoms with van der Waals surface area (Å²) in [5.41, 5.74) is 4.67. The minimum absolute atomic E-state index is 1.01. The Morgan fingerprint density at radius 2 is 1.38 bits per heavy atom. The first kappa shape index (κ1) is 14.9. The Bertz CT molecular complexity index is 620. The first-order valence-corrected chi connectivity index (χ1v) is 7.11. The molecule has 0 heterocycles. The summed E-state index contributed by atoms with van der Waals surface area (Å²) in [5.74, 6) is 0. The lowest BCUT2D eigenvalue weighted by Gasteiger charge is -1.98. The Morgan fingerprint density at radius 1 is 0.857 bits per heavy atom. The van der Waals surface area contributed by atoms with Crippen LogP contribution in [-0.2, 0) is 6.42 Å². The van der Waals surface area contributed by atoms with Crippen molar-refractivity contribution in [1.29, 1.82) is 0 Å². The molecule has 0 saturated heterocycles. The van der Waals surface area contributed by atoms with Crippen molar-refractivity contribution < 1.29 is 0 Å². The van der Waals surface area contributed by atoms with Gasteiger partial charge in [0.05, 0.1) is 12.4 Å². The molecule has 2 nitrogen and oxygen atoms in total. The number of nitrogens with zero attached hydrogens (tertiary/aromatic N) is 2. The summed E-state index contributed by atoms with van der Waals surface area (Å²) in [6, 6.07) is 16.5. The van der Waals surface area contributed by atoms with E-state index in [-0.39, 0.29) is 0 Å². The lowest BCUT2D eigenvalue weighted by atomic mass is 10.1. The third-order valence-electron chi connectivity index (χ3n) is 3.17. The summed E-state index contributed by atoms with van der Waals surface area (Å²) in [6.45, 7) is 5.80. The molecule has 2 heteroatoms. The molecule has 0 saturated carbocycles. The third-order valence-corrected chi connectivity index (χ3v) is 3.17. The lowest BCUT2D eigenvalue weighted by Crippen LogP contribution is -1.86. The minimum Gasteiger partial charge on any atom is -0.159 e. The Labute approximate surface area is 126 Å². The third kappa shape index (κ3) is 5.19. The highest BCUT2D eigenvalue weighted by molar-refractivity contribution is 5.82. The van der Waals surface area contributed by atoms with Crippen LogP contribution >= 0.6 is 0 Å². The van der Waals surface area contributed by atoms with Gasteiger partial charge in [0, 0.05) is 0 Å². The second-order valence-electron chi connectivity index (χ2n) is 4.97. The predicted octanol–water partition coefficient (Wildman–Crippen LogP) is 4.57. The van der Waals surface area contributed by atoms with E-state index in [2.05, 4.69) is 60.1 Å². The van der Waals surface area contributed by atoms with E-state index in [0.717, 1.165) is 24.0 Å². The molecule has 0 fully saturated rings. The van der Waals surface area contributed by atoms with Gasteiger partial charge in [0.15, 0.2) is 0 Å². The highest BCUT2D eigenvalue weighted by Crippen LogP contribution is 2.06. The minimum atomic E-state index is 1.01. The second-order valence-corrected chi connectivity index (χ2v) is 4.97. The van der Waals surface area contributed by atoms with Crippen LogP contribution in [0, 0.1) is 6.92 Å². The number of aryl methyl sites for hydroxylation is 2. The number of hydrogen-bond donors (Lipinski definition) is 0. The van der Waals surface area contributed by atoms with Crippen molar-refractivity contribution in [1.82, 2.24) is 0 Å². The average Bonchev–Trinajstić information content (AvgIpc) is 2.52. The van der Waals surface area contributed by atoms with Crippen LogP contribution in [0.25, 0.3) is 0 Å². The van der Waals surface area contributed by atoms with Crippen molar-refractivity contribution in [2.24, 2.45) is 10.2 Å². The van der Waals surface area contributed by atoms with Gasteiger partial charge in [-0.3, -0.25) is 0 Å². The molecule has 0 radical (unpaired) electrons. The molecule has 2 aromatic rings. The van der Waals surface area contributed by atoms with E-state index in [9.17, 15) is 0 Å². The van der Waals surface area contributed by atoms with E-state index in [4.69, 9.17) is 0 Å². The van der Waals surface area contributed by atoms with E-state index < -0.39 is 0 Å². The molecular weight excluding hydrogens is 256 g/mol. The standard InChI is InChI=1S/C19H20N2/c1-3-4-5-17-10-12-19(13-11-17)15-21-20-14-18-8-6-16(2)7-9-18/h3,6-15H,1,4-5H2,2H3/b20-14+,21-15+. The molecule has 2 aromatic carbocycles. The topological polar surface area (TPSA) is 24.7 Å². The van der Waals surface area contributed by atoms with Gasteiger partial charge in [-0.05, 0) is 36.5 Å². The fourth-order valence-electron chi connectivity index (χ4n) is 1.89. The van der Waals surface area contributed by atoms with Gasteiger partial charge in [-0.15, -0.1) is 6.58 Å². The van der Waals surface area contributed by atoms with E-state index in [0.29, 0.717) is 0 Å². The van der Waals surface area contributed by atoms with Crippen molar-refractivity contribution in [2.45, 2.75) is 19.8 Å². The number of rotatable bonds is 6. The fourth-order valence-corrected chi connectivity index (χ4v) is 1.89. The molecule has 21 heavy (non-hydrogen) atoms. The van der Waals surface area contributed by atoms with Crippen molar-refractivity contribution >= 4 is 12.4 Å². The van der Waals surface area contributed by atoms with Gasteiger partial charge >= 0.3 is 0 Å². The lowest BCUT2D eigenvalue weighted by molar-refractivity contribution is 1.00. The molecule has 0 aliphatic rings. The Kier molecular flexibility index (Phi) is 5.65. The van der Waals surface area contributed by atoms with Crippen LogP contribution in [0.2, 0.25) is 0 Å². The molecule has 0 aromatic heterocycles. The predicted molar refractivity (Wildman–Crippen MR) is 91.3 cm³/mol. The van der Waals surface area contributed by atoms with Gasteiger partial charge in [-0.25, -0.2) is 0 Å². The van der Waals surface area contributed by atoms with Gasteiger partial charge in [0.2, 0.25) is 0 Å². The number of benzene rings is 2. The van der Waals surface area contributed by atoms with Crippen LogP contribution in [0.5, 0.6) is 0 Å². The summed E-state index contributed by atoms with van der Waals surface area (Å²) >= 11 is 0. The molecule has 0 aliphatic carbocycles. The zero-order chi connectivity index (χ0) is 14.9. The van der Waals surface area contributed by atoms with E-state index in [1.165, 1.54) is 11.1 Å². The smallest absolute Gasteiger partial charge is 0.0568 e. The summed E-state index contributed by atoms with van der Waals surface area (Å²) in [4.78, 5) is 0. The monoisotopic (exact) mass is 276 g/mol. The quantitative estimate of drug-likeness (QED) is 0.419. The highest BCUT2D eigenvalue weighted by atomic mass is 15.2. The summed E-state index contributed by atoms with van der Waals surface area (Å²) in [5, 5.41) is 8.15. The maximum atomic E-state index is 4.08. The fraction of sp³-hybridized carbons (Fsp3) is 0.158. The average molecular weight is 276 g/mol. The maximum Gasteiger partial charge on any atom is 0.0568 e. The summed E-state index contributed by atoms with van der Waals surface area (Å²) in [6.07, 6.45) is 7.51. The van der Waals surface area contributed by atoms with Gasteiger partial charge in [0.25, 0.3) is 0 Å². The van der Waals surface area contributed by atoms with E-state index in [1.807, 2.05) is 18.2 Å². The number of allylic oxidation sites excluding steroid dienone is 1. The first-order valence-electron chi connectivity index (χ1n) is 7.11. The zero-order valence-electron chi connectivity index (χ0n) is 12.4. The van der Waals surface area contributed by atoms with Gasteiger partial charge < -0.3 is 0 Å². The van der Waals surface area contributed by atoms with Crippen molar-refractivity contribution in [3.05, 3.63) is 83.4 Å². The highest BCUT2D eigenvalue weighted by Gasteiger charge is 1.92. The Balaban J connectivity index is 1.91. The number of hydrogen-bond acceptors (Lipinski definition) is 2. The van der Waals surface area contributed by atoms with Crippen LogP contribution in [0.1, 0.15) is 28.7 Å². The van der Waals surface area contributed by atoms with Gasteiger partial charge in [-0.2, -0.15) is 10.2 Å². The van der Waals surface area contributed by atoms with Crippen LogP contribution in [0.4, 0.5) is 0 Å².